The number of cyclic esters (lactones) is 1. The molecule has 3 fully saturated rings. The van der Waals surface area contributed by atoms with Gasteiger partial charge in [0.2, 0.25) is 0 Å². The number of allylic oxidation sites excluding steroid dienone is 2. The van der Waals surface area contributed by atoms with Crippen molar-refractivity contribution in [3.05, 3.63) is 24.3 Å². The Labute approximate surface area is 361 Å². The number of carbonyl (C=O) groups is 4. The van der Waals surface area contributed by atoms with Crippen molar-refractivity contribution in [1.82, 2.24) is 4.90 Å². The van der Waals surface area contributed by atoms with Crippen molar-refractivity contribution in [2.45, 2.75) is 197 Å². The first-order valence-corrected chi connectivity index (χ1v) is 22.2. The molecule has 0 aromatic rings. The molecule has 0 aromatic carbocycles. The van der Waals surface area contributed by atoms with Gasteiger partial charge in [-0.05, 0) is 72.9 Å². The highest BCUT2D eigenvalue weighted by atomic mass is 16.7. The molecular formula is C45H73NO15. The highest BCUT2D eigenvalue weighted by molar-refractivity contribution is 5.74. The molecule has 16 nitrogen and oxygen atoms in total. The SMILES string of the molecule is CCC(=O)O[C@H]1[C@H](C)O[C@@H](O[C@H]2[C@H](N(C)C)[C@@H](O)[C@H](O[C@H]3[C@@H](CC=O)C[C@@H](C)[C@@H](O)/C=C/C=C/C[C@@H](C)OC(=O)C[C@@H](OC(=O)C4CCCCC4)[C@@H]3OC)O[C@@H]2C)C[C@@]1(C)O. The van der Waals surface area contributed by atoms with Gasteiger partial charge in [0.25, 0.3) is 0 Å². The monoisotopic (exact) mass is 867 g/mol. The number of aliphatic hydroxyl groups excluding tert-OH is 2. The van der Waals surface area contributed by atoms with Gasteiger partial charge in [0.1, 0.15) is 42.4 Å². The lowest BCUT2D eigenvalue weighted by Gasteiger charge is -2.50. The predicted molar refractivity (Wildman–Crippen MR) is 222 cm³/mol. The fraction of sp³-hybridized carbons (Fsp3) is 0.822. The molecule has 0 spiro atoms. The third-order valence-electron chi connectivity index (χ3n) is 12.5. The molecule has 0 radical (unpaired) electrons. The van der Waals surface area contributed by atoms with Gasteiger partial charge >= 0.3 is 17.9 Å². The van der Waals surface area contributed by atoms with Crippen LogP contribution in [0.1, 0.15) is 112 Å². The van der Waals surface area contributed by atoms with Gasteiger partial charge in [0, 0.05) is 32.8 Å². The minimum Gasteiger partial charge on any atom is -0.462 e. The number of carbonyl (C=O) groups excluding carboxylic acids is 4. The zero-order valence-corrected chi connectivity index (χ0v) is 37.6. The molecule has 3 heterocycles. The number of hydrogen-bond donors (Lipinski definition) is 3. The molecule has 3 N–H and O–H groups in total. The van der Waals surface area contributed by atoms with E-state index in [0.29, 0.717) is 19.3 Å². The maximum absolute atomic E-state index is 13.8. The van der Waals surface area contributed by atoms with Crippen LogP contribution in [0.4, 0.5) is 0 Å². The van der Waals surface area contributed by atoms with Gasteiger partial charge in [0.15, 0.2) is 18.7 Å². The van der Waals surface area contributed by atoms with Crippen LogP contribution in [0.2, 0.25) is 0 Å². The molecule has 2 saturated heterocycles. The minimum absolute atomic E-state index is 0.0406. The number of esters is 3. The van der Waals surface area contributed by atoms with Crippen LogP contribution in [-0.2, 0) is 57.1 Å². The van der Waals surface area contributed by atoms with E-state index in [2.05, 4.69) is 0 Å². The lowest BCUT2D eigenvalue weighted by atomic mass is 9.82. The third kappa shape index (κ3) is 14.1. The first-order valence-electron chi connectivity index (χ1n) is 22.2. The molecular weight excluding hydrogens is 794 g/mol. The van der Waals surface area contributed by atoms with Gasteiger partial charge < -0.3 is 62.9 Å². The summed E-state index contributed by atoms with van der Waals surface area (Å²) in [5.74, 6) is -3.01. The zero-order chi connectivity index (χ0) is 45.0. The Hall–Kier alpha value is -2.80. The minimum atomic E-state index is -1.49. The smallest absolute Gasteiger partial charge is 0.309 e. The van der Waals surface area contributed by atoms with Crippen molar-refractivity contribution in [2.24, 2.45) is 17.8 Å². The van der Waals surface area contributed by atoms with Gasteiger partial charge in [0.05, 0.1) is 42.8 Å². The summed E-state index contributed by atoms with van der Waals surface area (Å²) in [7, 11) is 4.93. The lowest BCUT2D eigenvalue weighted by molar-refractivity contribution is -0.344. The molecule has 1 saturated carbocycles. The fourth-order valence-corrected chi connectivity index (χ4v) is 9.15. The molecule has 0 bridgehead atoms. The van der Waals surface area contributed by atoms with E-state index in [1.165, 1.54) is 7.11 Å². The summed E-state index contributed by atoms with van der Waals surface area (Å²) in [5, 5.41) is 34.8. The number of aldehydes is 1. The van der Waals surface area contributed by atoms with Gasteiger partial charge in [-0.15, -0.1) is 0 Å². The van der Waals surface area contributed by atoms with Crippen LogP contribution in [0.5, 0.6) is 0 Å². The molecule has 16 atom stereocenters. The summed E-state index contributed by atoms with van der Waals surface area (Å²) in [6.45, 7) is 10.3. The summed E-state index contributed by atoms with van der Waals surface area (Å²) < 4.78 is 49.5. The van der Waals surface area contributed by atoms with Crippen molar-refractivity contribution in [3.63, 3.8) is 0 Å². The normalized spacial score (nSPS) is 41.0. The average molecular weight is 868 g/mol. The quantitative estimate of drug-likeness (QED) is 0.144. The number of hydrogen-bond acceptors (Lipinski definition) is 16. The molecule has 0 amide bonds. The summed E-state index contributed by atoms with van der Waals surface area (Å²) >= 11 is 0. The first kappa shape index (κ1) is 50.8. The van der Waals surface area contributed by atoms with Crippen LogP contribution in [0.15, 0.2) is 24.3 Å². The summed E-state index contributed by atoms with van der Waals surface area (Å²) in [6.07, 6.45) is 0.160. The van der Waals surface area contributed by atoms with Crippen LogP contribution in [0, 0.1) is 17.8 Å². The van der Waals surface area contributed by atoms with Crippen LogP contribution in [0.25, 0.3) is 0 Å². The van der Waals surface area contributed by atoms with E-state index in [9.17, 15) is 34.5 Å². The molecule has 3 aliphatic heterocycles. The van der Waals surface area contributed by atoms with E-state index in [1.807, 2.05) is 13.0 Å². The van der Waals surface area contributed by atoms with Crippen molar-refractivity contribution in [3.8, 4) is 0 Å². The third-order valence-corrected chi connectivity index (χ3v) is 12.5. The molecule has 348 valence electrons. The van der Waals surface area contributed by atoms with E-state index < -0.39 is 115 Å². The van der Waals surface area contributed by atoms with Crippen molar-refractivity contribution in [1.29, 1.82) is 0 Å². The summed E-state index contributed by atoms with van der Waals surface area (Å²) in [5.41, 5.74) is -1.49. The molecule has 16 heteroatoms. The number of methoxy groups -OCH3 is 1. The first-order chi connectivity index (χ1) is 28.9. The summed E-state index contributed by atoms with van der Waals surface area (Å²) in [6, 6.07) is -0.778. The van der Waals surface area contributed by atoms with E-state index >= 15 is 0 Å². The maximum atomic E-state index is 13.8. The zero-order valence-electron chi connectivity index (χ0n) is 37.6. The highest BCUT2D eigenvalue weighted by Crippen LogP contribution is 2.38. The highest BCUT2D eigenvalue weighted by Gasteiger charge is 2.53. The van der Waals surface area contributed by atoms with Crippen LogP contribution < -0.4 is 0 Å². The lowest BCUT2D eigenvalue weighted by Crippen LogP contribution is -2.66. The van der Waals surface area contributed by atoms with Crippen molar-refractivity contribution >= 4 is 24.2 Å². The number of aliphatic hydroxyl groups is 3. The average Bonchev–Trinajstić information content (AvgIpc) is 3.19. The van der Waals surface area contributed by atoms with Crippen molar-refractivity contribution in [2.75, 3.05) is 21.2 Å². The van der Waals surface area contributed by atoms with Gasteiger partial charge in [-0.1, -0.05) is 57.4 Å². The number of rotatable bonds is 12. The predicted octanol–water partition coefficient (Wildman–Crippen LogP) is 3.94. The summed E-state index contributed by atoms with van der Waals surface area (Å²) in [4.78, 5) is 53.8. The van der Waals surface area contributed by atoms with Gasteiger partial charge in [-0.3, -0.25) is 14.4 Å². The largest absolute Gasteiger partial charge is 0.462 e. The fourth-order valence-electron chi connectivity index (χ4n) is 9.15. The maximum Gasteiger partial charge on any atom is 0.309 e. The van der Waals surface area contributed by atoms with Crippen LogP contribution >= 0.6 is 0 Å². The second kappa shape index (κ2) is 23.8. The Kier molecular flexibility index (Phi) is 19.8. The molecule has 4 aliphatic rings. The second-order valence-corrected chi connectivity index (χ2v) is 17.9. The topological polar surface area (TPSA) is 206 Å². The Morgan fingerprint density at radius 1 is 0.967 bits per heavy atom. The Morgan fingerprint density at radius 2 is 1.67 bits per heavy atom. The Morgan fingerprint density at radius 3 is 2.30 bits per heavy atom. The molecule has 61 heavy (non-hydrogen) atoms. The van der Waals surface area contributed by atoms with Crippen LogP contribution in [-0.4, -0.2) is 151 Å². The number of ether oxygens (including phenoxy) is 8. The number of nitrogens with zero attached hydrogens (tertiary/aromatic N) is 1. The number of likely N-dealkylation sites (N-methyl/N-ethyl adjacent to an activating group) is 1. The Bertz CT molecular complexity index is 1460. The molecule has 0 unspecified atom stereocenters. The second-order valence-electron chi connectivity index (χ2n) is 17.9. The van der Waals surface area contributed by atoms with E-state index in [4.69, 9.17) is 37.9 Å². The van der Waals surface area contributed by atoms with Crippen molar-refractivity contribution < 1.29 is 72.4 Å². The van der Waals surface area contributed by atoms with E-state index in [1.54, 1.807) is 71.8 Å². The van der Waals surface area contributed by atoms with E-state index in [-0.39, 0.29) is 38.0 Å². The van der Waals surface area contributed by atoms with E-state index in [0.717, 1.165) is 25.5 Å². The molecule has 0 aromatic heterocycles. The Balaban J connectivity index is 1.70. The van der Waals surface area contributed by atoms with Crippen LogP contribution in [0.3, 0.4) is 0 Å². The standard InChI is InChI=1S/C45H73NO15/c1-10-34(49)59-42-29(5)56-36(25-45(42,6)53)60-39-28(4)57-44(38(51)37(39)46(7)8)61-40-31(21-22-47)23-26(2)32(48)20-16-11-13-17-27(3)55-35(50)24-33(41(40)54-9)58-43(52)30-18-14-12-15-19-30/h11,13,16,20,22,26-33,36-42,44,48,51,53H,10,12,14-15,17-19,21,23-25H2,1-9H3/b13-11+,20-16+/t26-,27-,28-,29+,31+,32+,33-,36+,37-,38-,39-,40+,41+,42+,44+,45-/m1/s1. The molecule has 1 aliphatic carbocycles. The van der Waals surface area contributed by atoms with Gasteiger partial charge in [-0.25, -0.2) is 0 Å². The molecule has 4 rings (SSSR count). The van der Waals surface area contributed by atoms with Gasteiger partial charge in [-0.2, -0.15) is 0 Å².